The minimum absolute atomic E-state index is 0.173. The van der Waals surface area contributed by atoms with Gasteiger partial charge in [0.05, 0.1) is 0 Å². The van der Waals surface area contributed by atoms with E-state index in [1.807, 2.05) is 19.1 Å². The van der Waals surface area contributed by atoms with Gasteiger partial charge in [-0.25, -0.2) is 17.9 Å². The average Bonchev–Trinajstić information content (AvgIpc) is 2.75. The number of nitrogens with one attached hydrogen (secondary N) is 1. The van der Waals surface area contributed by atoms with Crippen LogP contribution in [0.4, 0.5) is 0 Å². The zero-order valence-electron chi connectivity index (χ0n) is 16.3. The number of rotatable bonds is 8. The van der Waals surface area contributed by atoms with Crippen molar-refractivity contribution in [1.29, 1.82) is 0 Å². The summed E-state index contributed by atoms with van der Waals surface area (Å²) < 4.78 is 36.5. The second-order valence-corrected chi connectivity index (χ2v) is 8.17. The highest BCUT2D eigenvalue weighted by Crippen LogP contribution is 2.19. The van der Waals surface area contributed by atoms with E-state index < -0.39 is 28.2 Å². The molecule has 156 valence electrons. The lowest BCUT2D eigenvalue weighted by atomic mass is 10.1. The van der Waals surface area contributed by atoms with E-state index in [0.717, 1.165) is 17.4 Å². The molecule has 7 nitrogen and oxygen atoms in total. The van der Waals surface area contributed by atoms with Crippen molar-refractivity contribution in [2.45, 2.75) is 20.0 Å². The molecule has 0 saturated carbocycles. The molecule has 3 aromatic rings. The fraction of sp³-hybridized carbons (Fsp3) is 0.182. The first-order valence-corrected chi connectivity index (χ1v) is 10.8. The van der Waals surface area contributed by atoms with Gasteiger partial charge in [0.25, 0.3) is 0 Å². The summed E-state index contributed by atoms with van der Waals surface area (Å²) in [5.74, 6) is -0.766. The fourth-order valence-electron chi connectivity index (χ4n) is 2.76. The first kappa shape index (κ1) is 21.5. The third-order valence-corrected chi connectivity index (χ3v) is 5.39. The van der Waals surface area contributed by atoms with Crippen molar-refractivity contribution in [2.24, 2.45) is 0 Å². The van der Waals surface area contributed by atoms with Crippen LogP contribution in [0.3, 0.4) is 0 Å². The number of fused-ring (bicyclic) bond motifs is 1. The Hall–Kier alpha value is -3.23. The summed E-state index contributed by atoms with van der Waals surface area (Å²) in [6.45, 7) is 1.29. The van der Waals surface area contributed by atoms with Gasteiger partial charge >= 0.3 is 11.6 Å². The Morgan fingerprint density at radius 2 is 1.90 bits per heavy atom. The summed E-state index contributed by atoms with van der Waals surface area (Å²) in [6.07, 6.45) is 2.21. The monoisotopic (exact) mass is 427 g/mol. The van der Waals surface area contributed by atoms with E-state index in [1.54, 1.807) is 36.4 Å². The number of aryl methyl sites for hydroxylation is 1. The average molecular weight is 427 g/mol. The van der Waals surface area contributed by atoms with E-state index in [0.29, 0.717) is 22.1 Å². The molecule has 1 N–H and O–H groups in total. The van der Waals surface area contributed by atoms with Gasteiger partial charge in [-0.1, -0.05) is 49.4 Å². The third-order valence-electron chi connectivity index (χ3n) is 4.35. The molecule has 0 saturated heterocycles. The summed E-state index contributed by atoms with van der Waals surface area (Å²) in [5.41, 5.74) is 2.08. The predicted octanol–water partition coefficient (Wildman–Crippen LogP) is 2.99. The van der Waals surface area contributed by atoms with Gasteiger partial charge in [0.1, 0.15) is 18.7 Å². The van der Waals surface area contributed by atoms with Crippen LogP contribution in [0.5, 0.6) is 0 Å². The van der Waals surface area contributed by atoms with Crippen molar-refractivity contribution >= 4 is 33.0 Å². The van der Waals surface area contributed by atoms with Gasteiger partial charge in [-0.05, 0) is 29.7 Å². The van der Waals surface area contributed by atoms with Crippen LogP contribution in [0.1, 0.15) is 23.6 Å². The molecule has 0 amide bonds. The van der Waals surface area contributed by atoms with Crippen molar-refractivity contribution in [3.8, 4) is 0 Å². The van der Waals surface area contributed by atoms with E-state index in [9.17, 15) is 18.0 Å². The van der Waals surface area contributed by atoms with Crippen LogP contribution in [-0.2, 0) is 32.6 Å². The van der Waals surface area contributed by atoms with E-state index in [2.05, 4.69) is 4.72 Å². The number of benzene rings is 2. The molecule has 0 unspecified atom stereocenters. The number of carbonyl (C=O) groups excluding carboxylic acids is 1. The van der Waals surface area contributed by atoms with Gasteiger partial charge in [0.2, 0.25) is 10.0 Å². The van der Waals surface area contributed by atoms with Crippen LogP contribution < -0.4 is 10.3 Å². The minimum Gasteiger partial charge on any atom is -0.460 e. The summed E-state index contributed by atoms with van der Waals surface area (Å²) in [5, 5.41) is 1.64. The van der Waals surface area contributed by atoms with Crippen LogP contribution in [0.2, 0.25) is 0 Å². The van der Waals surface area contributed by atoms with Gasteiger partial charge in [0.15, 0.2) is 0 Å². The highest BCUT2D eigenvalue weighted by molar-refractivity contribution is 7.92. The molecule has 0 radical (unpaired) electrons. The molecule has 1 heterocycles. The third kappa shape index (κ3) is 5.88. The molecule has 0 aliphatic rings. The second kappa shape index (κ2) is 9.51. The second-order valence-electron chi connectivity index (χ2n) is 6.51. The van der Waals surface area contributed by atoms with E-state index in [-0.39, 0.29) is 6.61 Å². The molecule has 0 aliphatic carbocycles. The Morgan fingerprint density at radius 3 is 2.63 bits per heavy atom. The molecule has 0 fully saturated rings. The molecule has 0 atom stereocenters. The number of ether oxygens (including phenoxy) is 1. The Labute approximate surface area is 174 Å². The number of carbonyl (C=O) groups is 1. The minimum atomic E-state index is -3.80. The summed E-state index contributed by atoms with van der Waals surface area (Å²) >= 11 is 0. The normalized spacial score (nSPS) is 11.8. The lowest BCUT2D eigenvalue weighted by Gasteiger charge is -2.08. The van der Waals surface area contributed by atoms with Crippen LogP contribution >= 0.6 is 0 Å². The van der Waals surface area contributed by atoms with Crippen molar-refractivity contribution in [1.82, 2.24) is 4.72 Å². The Balaban J connectivity index is 1.61. The maximum Gasteiger partial charge on any atom is 0.336 e. The molecule has 0 bridgehead atoms. The van der Waals surface area contributed by atoms with Crippen LogP contribution in [0.15, 0.2) is 69.2 Å². The molecular weight excluding hydrogens is 406 g/mol. The van der Waals surface area contributed by atoms with Gasteiger partial charge < -0.3 is 9.15 Å². The molecular formula is C22H21NO6S. The topological polar surface area (TPSA) is 103 Å². The van der Waals surface area contributed by atoms with E-state index in [1.165, 1.54) is 12.1 Å². The summed E-state index contributed by atoms with van der Waals surface area (Å²) in [4.78, 5) is 23.8. The van der Waals surface area contributed by atoms with Crippen molar-refractivity contribution in [2.75, 3.05) is 6.54 Å². The number of sulfonamides is 1. The molecule has 3 rings (SSSR count). The summed E-state index contributed by atoms with van der Waals surface area (Å²) in [7, 11) is -3.80. The Kier molecular flexibility index (Phi) is 6.81. The van der Waals surface area contributed by atoms with Crippen molar-refractivity contribution in [3.05, 3.63) is 87.1 Å². The smallest absolute Gasteiger partial charge is 0.336 e. The predicted molar refractivity (Wildman–Crippen MR) is 114 cm³/mol. The van der Waals surface area contributed by atoms with Gasteiger partial charge in [-0.2, -0.15) is 0 Å². The van der Waals surface area contributed by atoms with Gasteiger partial charge in [-0.15, -0.1) is 0 Å². The standard InChI is InChI=1S/C22H21NO6S/c1-2-16-8-9-19-18(13-21(24)29-20(19)12-16)15-28-22(25)14-23-30(26,27)11-10-17-6-4-3-5-7-17/h3-13,23H,2,14-15H2,1H3. The lowest BCUT2D eigenvalue weighted by molar-refractivity contribution is -0.143. The fourth-order valence-corrected chi connectivity index (χ4v) is 3.51. The molecule has 0 spiro atoms. The largest absolute Gasteiger partial charge is 0.460 e. The lowest BCUT2D eigenvalue weighted by Crippen LogP contribution is -2.29. The highest BCUT2D eigenvalue weighted by atomic mass is 32.2. The van der Waals surface area contributed by atoms with E-state index in [4.69, 9.17) is 9.15 Å². The van der Waals surface area contributed by atoms with Crippen LogP contribution in [0.25, 0.3) is 17.0 Å². The number of hydrogen-bond donors (Lipinski definition) is 1. The van der Waals surface area contributed by atoms with Crippen LogP contribution in [-0.4, -0.2) is 20.9 Å². The molecule has 1 aromatic heterocycles. The van der Waals surface area contributed by atoms with Gasteiger partial charge in [0, 0.05) is 22.4 Å². The maximum atomic E-state index is 12.0. The Morgan fingerprint density at radius 1 is 1.13 bits per heavy atom. The highest BCUT2D eigenvalue weighted by Gasteiger charge is 2.12. The molecule has 2 aromatic carbocycles. The first-order chi connectivity index (χ1) is 14.4. The molecule has 30 heavy (non-hydrogen) atoms. The van der Waals surface area contributed by atoms with E-state index >= 15 is 0 Å². The molecule has 8 heteroatoms. The number of esters is 1. The maximum absolute atomic E-state index is 12.0. The van der Waals surface area contributed by atoms with Crippen LogP contribution in [0, 0.1) is 0 Å². The zero-order chi connectivity index (χ0) is 21.6. The first-order valence-electron chi connectivity index (χ1n) is 9.30. The quantitative estimate of drug-likeness (QED) is 0.438. The zero-order valence-corrected chi connectivity index (χ0v) is 17.1. The van der Waals surface area contributed by atoms with Gasteiger partial charge in [-0.3, -0.25) is 4.79 Å². The summed E-state index contributed by atoms with van der Waals surface area (Å²) in [6, 6.07) is 15.6. The van der Waals surface area contributed by atoms with Crippen molar-refractivity contribution in [3.63, 3.8) is 0 Å². The molecule has 0 aliphatic heterocycles. The SMILES string of the molecule is CCc1ccc2c(COC(=O)CNS(=O)(=O)C=Cc3ccccc3)cc(=O)oc2c1. The Bertz CT molecular complexity index is 1230. The van der Waals surface area contributed by atoms with Crippen molar-refractivity contribution < 1.29 is 22.4 Å². The number of hydrogen-bond acceptors (Lipinski definition) is 6.